The summed E-state index contributed by atoms with van der Waals surface area (Å²) in [5, 5.41) is 4.11. The van der Waals surface area contributed by atoms with Gasteiger partial charge in [-0.25, -0.2) is 0 Å². The molecule has 4 heteroatoms. The smallest absolute Gasteiger partial charge is 0.266 e. The van der Waals surface area contributed by atoms with Crippen molar-refractivity contribution in [2.24, 2.45) is 11.7 Å². The van der Waals surface area contributed by atoms with Crippen molar-refractivity contribution in [3.05, 3.63) is 18.0 Å². The number of rotatable bonds is 3. The molecule has 1 heterocycles. The molecule has 0 radical (unpaired) electrons. The third kappa shape index (κ3) is 1.43. The zero-order valence-corrected chi connectivity index (χ0v) is 7.60. The van der Waals surface area contributed by atoms with Crippen molar-refractivity contribution >= 4 is 5.91 Å². The highest BCUT2D eigenvalue weighted by atomic mass is 16.1. The van der Waals surface area contributed by atoms with Crippen molar-refractivity contribution in [1.82, 2.24) is 9.78 Å². The van der Waals surface area contributed by atoms with Gasteiger partial charge in [-0.3, -0.25) is 9.48 Å². The fourth-order valence-corrected chi connectivity index (χ4v) is 1.61. The van der Waals surface area contributed by atoms with E-state index in [-0.39, 0.29) is 0 Å². The lowest BCUT2D eigenvalue weighted by atomic mass is 10.2. The van der Waals surface area contributed by atoms with E-state index in [4.69, 9.17) is 5.73 Å². The van der Waals surface area contributed by atoms with E-state index in [0.717, 1.165) is 0 Å². The fraction of sp³-hybridized carbons (Fsp3) is 0.556. The number of carbonyl (C=O) groups excluding carboxylic acids is 1. The summed E-state index contributed by atoms with van der Waals surface area (Å²) in [6.45, 7) is 2.08. The number of nitrogens with two attached hydrogens (primary N) is 1. The van der Waals surface area contributed by atoms with Gasteiger partial charge in [-0.1, -0.05) is 0 Å². The van der Waals surface area contributed by atoms with Gasteiger partial charge in [0.15, 0.2) is 0 Å². The summed E-state index contributed by atoms with van der Waals surface area (Å²) in [5.74, 6) is 0.281. The van der Waals surface area contributed by atoms with Crippen molar-refractivity contribution in [2.75, 3.05) is 0 Å². The van der Waals surface area contributed by atoms with Gasteiger partial charge >= 0.3 is 0 Å². The Kier molecular flexibility index (Phi) is 1.83. The van der Waals surface area contributed by atoms with Gasteiger partial charge in [0.05, 0.1) is 6.04 Å². The average molecular weight is 179 g/mol. The third-order valence-corrected chi connectivity index (χ3v) is 2.61. The Labute approximate surface area is 76.7 Å². The second-order valence-corrected chi connectivity index (χ2v) is 3.60. The molecule has 1 aliphatic carbocycles. The molecule has 0 aromatic carbocycles. The minimum atomic E-state index is -0.398. The zero-order valence-electron chi connectivity index (χ0n) is 7.60. The number of aromatic nitrogens is 2. The van der Waals surface area contributed by atoms with Crippen LogP contribution in [-0.4, -0.2) is 15.7 Å². The van der Waals surface area contributed by atoms with Crippen LogP contribution in [0.25, 0.3) is 0 Å². The second kappa shape index (κ2) is 2.87. The minimum Gasteiger partial charge on any atom is -0.364 e. The van der Waals surface area contributed by atoms with Crippen LogP contribution in [-0.2, 0) is 0 Å². The van der Waals surface area contributed by atoms with Crippen molar-refractivity contribution in [3.8, 4) is 0 Å². The number of amides is 1. The van der Waals surface area contributed by atoms with Gasteiger partial charge in [0.1, 0.15) is 5.69 Å². The lowest BCUT2D eigenvalue weighted by Crippen LogP contribution is -2.20. The summed E-state index contributed by atoms with van der Waals surface area (Å²) in [6.07, 6.45) is 4.09. The van der Waals surface area contributed by atoms with Gasteiger partial charge in [0.25, 0.3) is 5.91 Å². The van der Waals surface area contributed by atoms with E-state index < -0.39 is 5.91 Å². The molecule has 1 aromatic rings. The van der Waals surface area contributed by atoms with E-state index in [2.05, 4.69) is 12.0 Å². The molecule has 1 saturated carbocycles. The molecule has 1 amide bonds. The second-order valence-electron chi connectivity index (χ2n) is 3.60. The van der Waals surface area contributed by atoms with Crippen molar-refractivity contribution in [1.29, 1.82) is 0 Å². The first-order valence-electron chi connectivity index (χ1n) is 4.53. The molecule has 0 spiro atoms. The summed E-state index contributed by atoms with van der Waals surface area (Å²) in [7, 11) is 0. The van der Waals surface area contributed by atoms with Gasteiger partial charge in [0, 0.05) is 6.20 Å². The van der Waals surface area contributed by atoms with Gasteiger partial charge in [0.2, 0.25) is 0 Å². The number of hydrogen-bond acceptors (Lipinski definition) is 2. The molecule has 70 valence electrons. The summed E-state index contributed by atoms with van der Waals surface area (Å²) < 4.78 is 1.74. The van der Waals surface area contributed by atoms with Crippen molar-refractivity contribution in [2.45, 2.75) is 25.8 Å². The van der Waals surface area contributed by atoms with E-state index in [1.807, 2.05) is 0 Å². The van der Waals surface area contributed by atoms with Crippen LogP contribution in [0.5, 0.6) is 0 Å². The van der Waals surface area contributed by atoms with E-state index in [1.54, 1.807) is 16.9 Å². The quantitative estimate of drug-likeness (QED) is 0.751. The Morgan fingerprint density at radius 3 is 3.00 bits per heavy atom. The highest BCUT2D eigenvalue weighted by Gasteiger charge is 2.31. The first-order chi connectivity index (χ1) is 6.20. The van der Waals surface area contributed by atoms with Crippen molar-refractivity contribution in [3.63, 3.8) is 0 Å². The highest BCUT2D eigenvalue weighted by molar-refractivity contribution is 5.90. The summed E-state index contributed by atoms with van der Waals surface area (Å²) in [4.78, 5) is 11.0. The molecule has 2 rings (SSSR count). The summed E-state index contributed by atoms with van der Waals surface area (Å²) >= 11 is 0. The average Bonchev–Trinajstić information content (AvgIpc) is 2.80. The van der Waals surface area contributed by atoms with Crippen LogP contribution in [0.15, 0.2) is 12.3 Å². The molecule has 1 unspecified atom stereocenters. The van der Waals surface area contributed by atoms with E-state index >= 15 is 0 Å². The molecular weight excluding hydrogens is 166 g/mol. The maximum absolute atomic E-state index is 11.0. The standard InChI is InChI=1S/C9H13N3O/c1-6(7-2-3-7)12-8(9(10)13)4-5-11-12/h4-7H,2-3H2,1H3,(H2,10,13). The molecule has 1 aliphatic rings. The van der Waals surface area contributed by atoms with Gasteiger partial charge in [-0.2, -0.15) is 5.10 Å². The van der Waals surface area contributed by atoms with Crippen LogP contribution in [0.3, 0.4) is 0 Å². The molecule has 1 atom stereocenters. The van der Waals surface area contributed by atoms with Gasteiger partial charge in [-0.15, -0.1) is 0 Å². The topological polar surface area (TPSA) is 60.9 Å². The SMILES string of the molecule is CC(C1CC1)n1nccc1C(N)=O. The van der Waals surface area contributed by atoms with Crippen LogP contribution >= 0.6 is 0 Å². The maximum atomic E-state index is 11.0. The molecule has 0 bridgehead atoms. The first kappa shape index (κ1) is 8.29. The summed E-state index contributed by atoms with van der Waals surface area (Å²) in [5.41, 5.74) is 5.73. The predicted molar refractivity (Wildman–Crippen MR) is 48.2 cm³/mol. The highest BCUT2D eigenvalue weighted by Crippen LogP contribution is 2.39. The number of primary amides is 1. The van der Waals surface area contributed by atoms with Gasteiger partial charge < -0.3 is 5.73 Å². The van der Waals surface area contributed by atoms with Crippen LogP contribution in [0.2, 0.25) is 0 Å². The Bertz CT molecular complexity index is 327. The molecule has 2 N–H and O–H groups in total. The third-order valence-electron chi connectivity index (χ3n) is 2.61. The van der Waals surface area contributed by atoms with Gasteiger partial charge in [-0.05, 0) is 31.7 Å². The fourth-order valence-electron chi connectivity index (χ4n) is 1.61. The molecule has 1 aromatic heterocycles. The molecule has 13 heavy (non-hydrogen) atoms. The van der Waals surface area contributed by atoms with E-state index in [1.165, 1.54) is 12.8 Å². The van der Waals surface area contributed by atoms with E-state index in [0.29, 0.717) is 17.7 Å². The number of hydrogen-bond donors (Lipinski definition) is 1. The maximum Gasteiger partial charge on any atom is 0.266 e. The Hall–Kier alpha value is -1.32. The Morgan fingerprint density at radius 1 is 1.77 bits per heavy atom. The largest absolute Gasteiger partial charge is 0.364 e. The Balaban J connectivity index is 2.27. The Morgan fingerprint density at radius 2 is 2.46 bits per heavy atom. The molecular formula is C9H13N3O. The molecule has 1 fully saturated rings. The molecule has 0 aliphatic heterocycles. The lowest BCUT2D eigenvalue weighted by Gasteiger charge is -2.12. The summed E-state index contributed by atoms with van der Waals surface area (Å²) in [6, 6.07) is 1.97. The molecule has 0 saturated heterocycles. The zero-order chi connectivity index (χ0) is 9.42. The number of carbonyl (C=O) groups is 1. The van der Waals surface area contributed by atoms with Crippen LogP contribution < -0.4 is 5.73 Å². The van der Waals surface area contributed by atoms with Crippen LogP contribution in [0.1, 0.15) is 36.3 Å². The monoisotopic (exact) mass is 179 g/mol. The van der Waals surface area contributed by atoms with Crippen LogP contribution in [0, 0.1) is 5.92 Å². The lowest BCUT2D eigenvalue weighted by molar-refractivity contribution is 0.0987. The normalized spacial score (nSPS) is 18.5. The van der Waals surface area contributed by atoms with E-state index in [9.17, 15) is 4.79 Å². The molecule has 4 nitrogen and oxygen atoms in total. The predicted octanol–water partition coefficient (Wildman–Crippen LogP) is 0.953. The number of nitrogens with zero attached hydrogens (tertiary/aromatic N) is 2. The van der Waals surface area contributed by atoms with Crippen LogP contribution in [0.4, 0.5) is 0 Å². The first-order valence-corrected chi connectivity index (χ1v) is 4.53. The van der Waals surface area contributed by atoms with Crippen molar-refractivity contribution < 1.29 is 4.79 Å². The minimum absolute atomic E-state index is 0.303.